The molecule has 96 valence electrons. The number of benzene rings is 1. The monoisotopic (exact) mass is 367 g/mol. The van der Waals surface area contributed by atoms with Crippen molar-refractivity contribution in [3.05, 3.63) is 63.5 Å². The molecule has 0 unspecified atom stereocenters. The molecule has 0 fully saturated rings. The van der Waals surface area contributed by atoms with E-state index in [-0.39, 0.29) is 5.84 Å². The van der Waals surface area contributed by atoms with Gasteiger partial charge in [-0.25, -0.2) is 4.79 Å². The molecule has 0 amide bonds. The first kappa shape index (κ1) is 13.5. The zero-order valence-corrected chi connectivity index (χ0v) is 11.9. The third kappa shape index (κ3) is 3.75. The Bertz CT molecular complexity index is 597. The first-order chi connectivity index (χ1) is 9.16. The number of hydrogen-bond donors (Lipinski definition) is 1. The summed E-state index contributed by atoms with van der Waals surface area (Å²) in [7, 11) is 0. The number of amidine groups is 1. The molecule has 1 aromatic carbocycles. The van der Waals surface area contributed by atoms with E-state index in [1.54, 1.807) is 30.5 Å². The summed E-state index contributed by atoms with van der Waals surface area (Å²) in [6, 6.07) is 10.4. The van der Waals surface area contributed by atoms with Crippen LogP contribution in [0, 0.1) is 3.57 Å². The van der Waals surface area contributed by atoms with E-state index < -0.39 is 5.97 Å². The Morgan fingerprint density at radius 1 is 1.21 bits per heavy atom. The summed E-state index contributed by atoms with van der Waals surface area (Å²) in [5.41, 5.74) is 6.69. The van der Waals surface area contributed by atoms with Crippen LogP contribution in [0.1, 0.15) is 15.9 Å². The van der Waals surface area contributed by atoms with Crippen LogP contribution in [0.5, 0.6) is 0 Å². The molecule has 0 saturated heterocycles. The molecule has 1 heterocycles. The predicted molar refractivity (Wildman–Crippen MR) is 79.5 cm³/mol. The van der Waals surface area contributed by atoms with Gasteiger partial charge < -0.3 is 10.6 Å². The molecule has 19 heavy (non-hydrogen) atoms. The lowest BCUT2D eigenvalue weighted by atomic mass is 10.2. The highest BCUT2D eigenvalue weighted by Gasteiger charge is 2.07. The SMILES string of the molecule is N/C(=N/OC(=O)c1ccc(I)cc1)c1cccnc1. The fourth-order valence-electron chi connectivity index (χ4n) is 1.30. The Balaban J connectivity index is 2.06. The molecular formula is C13H10IN3O2. The van der Waals surface area contributed by atoms with Crippen molar-refractivity contribution < 1.29 is 9.63 Å². The number of nitrogens with zero attached hydrogens (tertiary/aromatic N) is 2. The van der Waals surface area contributed by atoms with Crippen LogP contribution in [0.15, 0.2) is 53.9 Å². The lowest BCUT2D eigenvalue weighted by Gasteiger charge is -2.01. The second kappa shape index (κ2) is 6.28. The summed E-state index contributed by atoms with van der Waals surface area (Å²) in [6.45, 7) is 0. The molecule has 2 rings (SSSR count). The van der Waals surface area contributed by atoms with Crippen LogP contribution >= 0.6 is 22.6 Å². The highest BCUT2D eigenvalue weighted by Crippen LogP contribution is 2.08. The maximum absolute atomic E-state index is 11.7. The summed E-state index contributed by atoms with van der Waals surface area (Å²) < 4.78 is 1.03. The van der Waals surface area contributed by atoms with E-state index in [4.69, 9.17) is 10.6 Å². The van der Waals surface area contributed by atoms with Gasteiger partial charge in [-0.3, -0.25) is 4.98 Å². The highest BCUT2D eigenvalue weighted by molar-refractivity contribution is 14.1. The summed E-state index contributed by atoms with van der Waals surface area (Å²) in [6.07, 6.45) is 3.16. The quantitative estimate of drug-likeness (QED) is 0.297. The predicted octanol–water partition coefficient (Wildman–Crippen LogP) is 2.16. The Kier molecular flexibility index (Phi) is 4.45. The van der Waals surface area contributed by atoms with Crippen molar-refractivity contribution >= 4 is 34.4 Å². The van der Waals surface area contributed by atoms with E-state index >= 15 is 0 Å². The first-order valence-corrected chi connectivity index (χ1v) is 6.45. The van der Waals surface area contributed by atoms with E-state index in [0.717, 1.165) is 3.57 Å². The number of pyridine rings is 1. The minimum absolute atomic E-state index is 0.104. The normalized spacial score (nSPS) is 11.1. The molecule has 0 atom stereocenters. The molecule has 0 aliphatic heterocycles. The van der Waals surface area contributed by atoms with Crippen molar-refractivity contribution in [2.75, 3.05) is 0 Å². The van der Waals surface area contributed by atoms with Crippen LogP contribution in [-0.2, 0) is 4.84 Å². The number of oxime groups is 1. The molecule has 0 saturated carbocycles. The van der Waals surface area contributed by atoms with Crippen molar-refractivity contribution in [3.8, 4) is 0 Å². The summed E-state index contributed by atoms with van der Waals surface area (Å²) in [5.74, 6) is -0.449. The molecular weight excluding hydrogens is 357 g/mol. The van der Waals surface area contributed by atoms with Crippen molar-refractivity contribution in [3.63, 3.8) is 0 Å². The van der Waals surface area contributed by atoms with Gasteiger partial charge in [0.1, 0.15) is 0 Å². The lowest BCUT2D eigenvalue weighted by molar-refractivity contribution is 0.0516. The Hall–Kier alpha value is -1.96. The fourth-order valence-corrected chi connectivity index (χ4v) is 1.66. The Morgan fingerprint density at radius 3 is 2.58 bits per heavy atom. The average molecular weight is 367 g/mol. The topological polar surface area (TPSA) is 77.6 Å². The van der Waals surface area contributed by atoms with Crippen LogP contribution in [0.2, 0.25) is 0 Å². The van der Waals surface area contributed by atoms with E-state index in [0.29, 0.717) is 11.1 Å². The smallest absolute Gasteiger partial charge is 0.365 e. The van der Waals surface area contributed by atoms with Gasteiger partial charge in [0.25, 0.3) is 0 Å². The zero-order chi connectivity index (χ0) is 13.7. The van der Waals surface area contributed by atoms with Crippen molar-refractivity contribution in [1.82, 2.24) is 4.98 Å². The average Bonchev–Trinajstić information content (AvgIpc) is 2.46. The molecule has 0 aliphatic rings. The minimum Gasteiger partial charge on any atom is -0.380 e. The first-order valence-electron chi connectivity index (χ1n) is 5.37. The largest absolute Gasteiger partial charge is 0.380 e. The van der Waals surface area contributed by atoms with E-state index in [1.165, 1.54) is 6.20 Å². The summed E-state index contributed by atoms with van der Waals surface area (Å²) in [5, 5.41) is 3.60. The number of carbonyl (C=O) groups excluding carboxylic acids is 1. The number of nitrogens with two attached hydrogens (primary N) is 1. The van der Waals surface area contributed by atoms with Crippen LogP contribution < -0.4 is 5.73 Å². The van der Waals surface area contributed by atoms with Gasteiger partial charge >= 0.3 is 5.97 Å². The lowest BCUT2D eigenvalue weighted by Crippen LogP contribution is -2.15. The summed E-state index contributed by atoms with van der Waals surface area (Å²) in [4.78, 5) is 20.4. The number of aromatic nitrogens is 1. The van der Waals surface area contributed by atoms with E-state index in [1.807, 2.05) is 12.1 Å². The molecule has 1 aromatic heterocycles. The van der Waals surface area contributed by atoms with Gasteiger partial charge in [0.15, 0.2) is 5.84 Å². The van der Waals surface area contributed by atoms with Crippen LogP contribution in [0.4, 0.5) is 0 Å². The van der Waals surface area contributed by atoms with Crippen molar-refractivity contribution in [2.24, 2.45) is 10.9 Å². The third-order valence-electron chi connectivity index (χ3n) is 2.26. The van der Waals surface area contributed by atoms with Crippen LogP contribution in [0.25, 0.3) is 0 Å². The number of hydrogen-bond acceptors (Lipinski definition) is 4. The molecule has 0 radical (unpaired) electrons. The van der Waals surface area contributed by atoms with E-state index in [9.17, 15) is 4.79 Å². The van der Waals surface area contributed by atoms with Gasteiger partial charge in [-0.05, 0) is 59.0 Å². The highest BCUT2D eigenvalue weighted by atomic mass is 127. The van der Waals surface area contributed by atoms with Gasteiger partial charge in [-0.1, -0.05) is 5.16 Å². The molecule has 2 aromatic rings. The van der Waals surface area contributed by atoms with Gasteiger partial charge in [0.05, 0.1) is 5.56 Å². The van der Waals surface area contributed by atoms with Crippen LogP contribution in [-0.4, -0.2) is 16.8 Å². The molecule has 2 N–H and O–H groups in total. The maximum atomic E-state index is 11.7. The molecule has 0 aliphatic carbocycles. The third-order valence-corrected chi connectivity index (χ3v) is 2.98. The zero-order valence-electron chi connectivity index (χ0n) is 9.79. The van der Waals surface area contributed by atoms with E-state index in [2.05, 4.69) is 32.7 Å². The second-order valence-electron chi connectivity index (χ2n) is 3.60. The minimum atomic E-state index is -0.553. The van der Waals surface area contributed by atoms with Gasteiger partial charge in [0, 0.05) is 21.5 Å². The fraction of sp³-hybridized carbons (Fsp3) is 0. The Labute approximate surface area is 123 Å². The molecule has 0 spiro atoms. The van der Waals surface area contributed by atoms with Crippen molar-refractivity contribution in [2.45, 2.75) is 0 Å². The standard InChI is InChI=1S/C13H10IN3O2/c14-11-5-3-9(4-6-11)13(18)19-17-12(15)10-2-1-7-16-8-10/h1-8H,(H2,15,17). The Morgan fingerprint density at radius 2 is 1.95 bits per heavy atom. The van der Waals surface area contributed by atoms with Crippen molar-refractivity contribution in [1.29, 1.82) is 0 Å². The second-order valence-corrected chi connectivity index (χ2v) is 4.85. The number of halogens is 1. The van der Waals surface area contributed by atoms with Crippen LogP contribution in [0.3, 0.4) is 0 Å². The maximum Gasteiger partial charge on any atom is 0.365 e. The molecule has 0 bridgehead atoms. The van der Waals surface area contributed by atoms with Gasteiger partial charge in [0.2, 0.25) is 0 Å². The van der Waals surface area contributed by atoms with Gasteiger partial charge in [-0.2, -0.15) is 0 Å². The molecule has 5 nitrogen and oxygen atoms in total. The van der Waals surface area contributed by atoms with Gasteiger partial charge in [-0.15, -0.1) is 0 Å². The molecule has 6 heteroatoms. The summed E-state index contributed by atoms with van der Waals surface area (Å²) >= 11 is 2.15. The number of carbonyl (C=O) groups is 1. The number of rotatable bonds is 3.